The van der Waals surface area contributed by atoms with Gasteiger partial charge in [-0.3, -0.25) is 9.78 Å². The number of hydrogen-bond donors (Lipinski definition) is 1. The van der Waals surface area contributed by atoms with Crippen LogP contribution >= 0.6 is 0 Å². The van der Waals surface area contributed by atoms with Crippen LogP contribution in [0.2, 0.25) is 0 Å². The summed E-state index contributed by atoms with van der Waals surface area (Å²) in [5.41, 5.74) is 0. The van der Waals surface area contributed by atoms with E-state index >= 15 is 0 Å². The molecule has 0 unspecified atom stereocenters. The Bertz CT molecular complexity index is 342. The first-order valence-electron chi connectivity index (χ1n) is 4.98. The molecule has 1 N–H and O–H groups in total. The summed E-state index contributed by atoms with van der Waals surface area (Å²) in [6, 6.07) is 0. The Morgan fingerprint density at radius 2 is 2.40 bits per heavy atom. The SMILES string of the molecule is C[C@@H]1CC[C@@H](C(=O)Nc2cnccn2)O1. The fourth-order valence-corrected chi connectivity index (χ4v) is 1.57. The molecule has 0 aliphatic carbocycles. The van der Waals surface area contributed by atoms with Gasteiger partial charge < -0.3 is 10.1 Å². The number of nitrogens with one attached hydrogen (secondary N) is 1. The van der Waals surface area contributed by atoms with Crippen LogP contribution < -0.4 is 5.32 Å². The first-order valence-corrected chi connectivity index (χ1v) is 4.98. The molecule has 1 aromatic rings. The summed E-state index contributed by atoms with van der Waals surface area (Å²) < 4.78 is 5.44. The molecule has 5 nitrogen and oxygen atoms in total. The van der Waals surface area contributed by atoms with Gasteiger partial charge in [0, 0.05) is 12.4 Å². The van der Waals surface area contributed by atoms with Crippen LogP contribution in [-0.4, -0.2) is 28.1 Å². The van der Waals surface area contributed by atoms with Gasteiger partial charge in [0.05, 0.1) is 12.3 Å². The number of nitrogens with zero attached hydrogens (tertiary/aromatic N) is 2. The van der Waals surface area contributed by atoms with Crippen molar-refractivity contribution in [2.45, 2.75) is 32.0 Å². The average molecular weight is 207 g/mol. The van der Waals surface area contributed by atoms with Gasteiger partial charge in [0.2, 0.25) is 0 Å². The highest BCUT2D eigenvalue weighted by molar-refractivity contribution is 5.93. The maximum atomic E-state index is 11.7. The van der Waals surface area contributed by atoms with Crippen LogP contribution in [0.4, 0.5) is 5.82 Å². The number of amides is 1. The molecule has 2 heterocycles. The standard InChI is InChI=1S/C10H13N3O2/c1-7-2-3-8(15-7)10(14)13-9-6-11-4-5-12-9/h4-8H,2-3H2,1H3,(H,12,13,14)/t7-,8+/m1/s1. The summed E-state index contributed by atoms with van der Waals surface area (Å²) in [4.78, 5) is 19.5. The van der Waals surface area contributed by atoms with Crippen molar-refractivity contribution in [3.05, 3.63) is 18.6 Å². The minimum absolute atomic E-state index is 0.139. The van der Waals surface area contributed by atoms with Crippen molar-refractivity contribution in [3.8, 4) is 0 Å². The monoisotopic (exact) mass is 207 g/mol. The average Bonchev–Trinajstić information content (AvgIpc) is 2.66. The summed E-state index contributed by atoms with van der Waals surface area (Å²) in [5, 5.41) is 2.67. The zero-order valence-electron chi connectivity index (χ0n) is 8.51. The number of anilines is 1. The second-order valence-electron chi connectivity index (χ2n) is 3.59. The predicted octanol–water partition coefficient (Wildman–Crippen LogP) is 0.983. The molecule has 1 amide bonds. The van der Waals surface area contributed by atoms with E-state index in [1.165, 1.54) is 12.4 Å². The number of carbonyl (C=O) groups is 1. The van der Waals surface area contributed by atoms with Crippen molar-refractivity contribution >= 4 is 11.7 Å². The van der Waals surface area contributed by atoms with E-state index in [2.05, 4.69) is 15.3 Å². The van der Waals surface area contributed by atoms with Crippen molar-refractivity contribution in [3.63, 3.8) is 0 Å². The third-order valence-corrected chi connectivity index (χ3v) is 2.34. The van der Waals surface area contributed by atoms with Crippen LogP contribution in [-0.2, 0) is 9.53 Å². The van der Waals surface area contributed by atoms with Crippen LogP contribution in [0, 0.1) is 0 Å². The van der Waals surface area contributed by atoms with Crippen molar-refractivity contribution < 1.29 is 9.53 Å². The van der Waals surface area contributed by atoms with Gasteiger partial charge in [-0.2, -0.15) is 0 Å². The molecule has 0 saturated carbocycles. The van der Waals surface area contributed by atoms with Crippen molar-refractivity contribution in [1.29, 1.82) is 0 Å². The number of hydrogen-bond acceptors (Lipinski definition) is 4. The first kappa shape index (κ1) is 10.0. The third-order valence-electron chi connectivity index (χ3n) is 2.34. The molecule has 15 heavy (non-hydrogen) atoms. The fourth-order valence-electron chi connectivity index (χ4n) is 1.57. The Hall–Kier alpha value is -1.49. The topological polar surface area (TPSA) is 64.1 Å². The van der Waals surface area contributed by atoms with Gasteiger partial charge >= 0.3 is 0 Å². The van der Waals surface area contributed by atoms with E-state index in [0.29, 0.717) is 5.82 Å². The van der Waals surface area contributed by atoms with Gasteiger partial charge in [0.15, 0.2) is 5.82 Å². The Morgan fingerprint density at radius 3 is 3.00 bits per heavy atom. The lowest BCUT2D eigenvalue weighted by atomic mass is 10.2. The van der Waals surface area contributed by atoms with E-state index < -0.39 is 0 Å². The Labute approximate surface area is 87.9 Å². The smallest absolute Gasteiger partial charge is 0.254 e. The molecule has 1 fully saturated rings. The van der Waals surface area contributed by atoms with Crippen molar-refractivity contribution in [2.75, 3.05) is 5.32 Å². The molecule has 1 aliphatic heterocycles. The molecule has 1 aliphatic rings. The first-order chi connectivity index (χ1) is 7.25. The summed E-state index contributed by atoms with van der Waals surface area (Å²) in [6.45, 7) is 1.97. The number of aromatic nitrogens is 2. The highest BCUT2D eigenvalue weighted by atomic mass is 16.5. The summed E-state index contributed by atoms with van der Waals surface area (Å²) >= 11 is 0. The Morgan fingerprint density at radius 1 is 1.53 bits per heavy atom. The number of carbonyl (C=O) groups excluding carboxylic acids is 1. The lowest BCUT2D eigenvalue weighted by Gasteiger charge is -2.10. The zero-order valence-corrected chi connectivity index (χ0v) is 8.51. The molecule has 0 aromatic carbocycles. The summed E-state index contributed by atoms with van der Waals surface area (Å²) in [5.74, 6) is 0.325. The molecule has 80 valence electrons. The maximum Gasteiger partial charge on any atom is 0.254 e. The molecule has 0 radical (unpaired) electrons. The molecule has 2 rings (SSSR count). The lowest BCUT2D eigenvalue weighted by Crippen LogP contribution is -2.28. The molecule has 1 aromatic heterocycles. The Kier molecular flexibility index (Phi) is 2.91. The molecule has 0 spiro atoms. The number of ether oxygens (including phenoxy) is 1. The molecular weight excluding hydrogens is 194 g/mol. The van der Waals surface area contributed by atoms with Gasteiger partial charge in [0.25, 0.3) is 5.91 Å². The second kappa shape index (κ2) is 4.35. The molecule has 1 saturated heterocycles. The third kappa shape index (κ3) is 2.50. The highest BCUT2D eigenvalue weighted by Crippen LogP contribution is 2.19. The summed E-state index contributed by atoms with van der Waals surface area (Å²) in [6.07, 6.45) is 6.13. The molecular formula is C10H13N3O2. The molecule has 2 atom stereocenters. The summed E-state index contributed by atoms with van der Waals surface area (Å²) in [7, 11) is 0. The largest absolute Gasteiger partial charge is 0.365 e. The van der Waals surface area contributed by atoms with Gasteiger partial charge in [-0.1, -0.05) is 0 Å². The van der Waals surface area contributed by atoms with Gasteiger partial charge in [0.1, 0.15) is 6.10 Å². The van der Waals surface area contributed by atoms with E-state index in [1.807, 2.05) is 6.92 Å². The van der Waals surface area contributed by atoms with E-state index in [9.17, 15) is 4.79 Å². The zero-order chi connectivity index (χ0) is 10.7. The second-order valence-corrected chi connectivity index (χ2v) is 3.59. The quantitative estimate of drug-likeness (QED) is 0.785. The fraction of sp³-hybridized carbons (Fsp3) is 0.500. The van der Waals surface area contributed by atoms with Gasteiger partial charge in [-0.05, 0) is 19.8 Å². The normalized spacial score (nSPS) is 25.1. The van der Waals surface area contributed by atoms with E-state index in [4.69, 9.17) is 4.74 Å². The predicted molar refractivity (Wildman–Crippen MR) is 54.2 cm³/mol. The van der Waals surface area contributed by atoms with Crippen LogP contribution in [0.3, 0.4) is 0 Å². The van der Waals surface area contributed by atoms with Crippen molar-refractivity contribution in [2.24, 2.45) is 0 Å². The minimum Gasteiger partial charge on any atom is -0.365 e. The maximum absolute atomic E-state index is 11.7. The molecule has 5 heteroatoms. The minimum atomic E-state index is -0.345. The van der Waals surface area contributed by atoms with Gasteiger partial charge in [-0.25, -0.2) is 4.98 Å². The molecule has 0 bridgehead atoms. The van der Waals surface area contributed by atoms with Gasteiger partial charge in [-0.15, -0.1) is 0 Å². The van der Waals surface area contributed by atoms with Crippen LogP contribution in [0.5, 0.6) is 0 Å². The number of rotatable bonds is 2. The van der Waals surface area contributed by atoms with Crippen molar-refractivity contribution in [1.82, 2.24) is 9.97 Å². The van der Waals surface area contributed by atoms with E-state index in [0.717, 1.165) is 12.8 Å². The lowest BCUT2D eigenvalue weighted by molar-refractivity contribution is -0.126. The van der Waals surface area contributed by atoms with E-state index in [1.54, 1.807) is 6.20 Å². The Balaban J connectivity index is 1.93. The highest BCUT2D eigenvalue weighted by Gasteiger charge is 2.28. The van der Waals surface area contributed by atoms with Crippen LogP contribution in [0.1, 0.15) is 19.8 Å². The van der Waals surface area contributed by atoms with Crippen LogP contribution in [0.25, 0.3) is 0 Å². The van der Waals surface area contributed by atoms with Crippen LogP contribution in [0.15, 0.2) is 18.6 Å². The van der Waals surface area contributed by atoms with E-state index in [-0.39, 0.29) is 18.1 Å².